The van der Waals surface area contributed by atoms with Crippen molar-refractivity contribution in [2.45, 2.75) is 69.9 Å². The highest BCUT2D eigenvalue weighted by molar-refractivity contribution is 7.89. The summed E-state index contributed by atoms with van der Waals surface area (Å²) >= 11 is 0. The van der Waals surface area contributed by atoms with Crippen molar-refractivity contribution in [2.75, 3.05) is 31.1 Å². The molecule has 0 aromatic heterocycles. The molecular weight excluding hydrogens is 496 g/mol. The maximum absolute atomic E-state index is 13.8. The molecule has 2 heterocycles. The molecule has 12 heteroatoms. The van der Waals surface area contributed by atoms with Gasteiger partial charge in [-0.3, -0.25) is 9.79 Å². The molecule has 37 heavy (non-hydrogen) atoms. The number of nitrogens with two attached hydrogens (primary N) is 2. The van der Waals surface area contributed by atoms with Gasteiger partial charge in [0, 0.05) is 26.2 Å². The monoisotopic (exact) mass is 536 g/mol. The number of nitrogens with zero attached hydrogens (tertiary/aromatic N) is 3. The largest absolute Gasteiger partial charge is 0.480 e. The number of hydrogen-bond acceptors (Lipinski definition) is 6. The second-order valence-corrected chi connectivity index (χ2v) is 11.9. The Bertz CT molecular complexity index is 1120. The lowest BCUT2D eigenvalue weighted by atomic mass is 9.91. The highest BCUT2D eigenvalue weighted by atomic mass is 32.2. The van der Waals surface area contributed by atoms with Crippen molar-refractivity contribution in [3.63, 3.8) is 0 Å². The van der Waals surface area contributed by atoms with E-state index in [1.807, 2.05) is 19.9 Å². The van der Waals surface area contributed by atoms with Gasteiger partial charge in [-0.15, -0.1) is 0 Å². The minimum atomic E-state index is -4.12. The summed E-state index contributed by atoms with van der Waals surface area (Å²) in [6.45, 7) is 7.93. The first kappa shape index (κ1) is 28.7. The fraction of sp³-hybridized carbons (Fsp3) is 0.640. The number of piperidine rings is 1. The van der Waals surface area contributed by atoms with Gasteiger partial charge in [-0.2, -0.15) is 4.72 Å². The summed E-state index contributed by atoms with van der Waals surface area (Å²) in [6, 6.07) is 3.08. The zero-order valence-corrected chi connectivity index (χ0v) is 22.7. The van der Waals surface area contributed by atoms with Gasteiger partial charge in [0.25, 0.3) is 0 Å². The first-order valence-electron chi connectivity index (χ1n) is 12.9. The van der Waals surface area contributed by atoms with Gasteiger partial charge in [-0.05, 0) is 62.5 Å². The van der Waals surface area contributed by atoms with Crippen LogP contribution in [0.5, 0.6) is 0 Å². The van der Waals surface area contributed by atoms with Gasteiger partial charge in [0.05, 0.1) is 5.69 Å². The smallest absolute Gasteiger partial charge is 0.326 e. The van der Waals surface area contributed by atoms with Crippen LogP contribution in [0.1, 0.15) is 52.0 Å². The summed E-state index contributed by atoms with van der Waals surface area (Å²) in [7, 11) is -4.12. The highest BCUT2D eigenvalue weighted by Gasteiger charge is 2.39. The van der Waals surface area contributed by atoms with Crippen LogP contribution in [-0.4, -0.2) is 74.5 Å². The molecule has 6 N–H and O–H groups in total. The number of aliphatic carboxylic acids is 1. The summed E-state index contributed by atoms with van der Waals surface area (Å²) in [5, 5.41) is 9.77. The third-order valence-corrected chi connectivity index (χ3v) is 8.65. The number of carbonyl (C=O) groups excluding carboxylic acids is 1. The van der Waals surface area contributed by atoms with Crippen molar-refractivity contribution >= 4 is 33.5 Å². The van der Waals surface area contributed by atoms with Crippen LogP contribution in [0.15, 0.2) is 28.1 Å². The molecule has 4 unspecified atom stereocenters. The average molecular weight is 537 g/mol. The standard InChI is InChI=1S/C25H40N6O5S/c1-4-30-15-17(3)13-18-7-5-9-21(22(18)30)37(35,36)29-19(8-6-11-28-25(26)27)23(32)31-12-10-16(2)14-20(31)24(33)34/h5,7,9,16-17,19-20,29H,4,6,8,10-15H2,1-3H3,(H,33,34)(H4,26,27,28). The summed E-state index contributed by atoms with van der Waals surface area (Å²) < 4.78 is 30.1. The Labute approximate surface area is 219 Å². The average Bonchev–Trinajstić information content (AvgIpc) is 2.84. The molecule has 0 aliphatic carbocycles. The van der Waals surface area contributed by atoms with Crippen molar-refractivity contribution in [1.82, 2.24) is 9.62 Å². The second kappa shape index (κ2) is 12.1. The summed E-state index contributed by atoms with van der Waals surface area (Å²) in [6.07, 6.45) is 2.20. The van der Waals surface area contributed by atoms with E-state index in [4.69, 9.17) is 11.5 Å². The van der Waals surface area contributed by atoms with E-state index in [2.05, 4.69) is 21.5 Å². The van der Waals surface area contributed by atoms with Crippen LogP contribution in [0, 0.1) is 11.8 Å². The van der Waals surface area contributed by atoms with Crippen LogP contribution in [0.25, 0.3) is 0 Å². The second-order valence-electron chi connectivity index (χ2n) is 10.2. The van der Waals surface area contributed by atoms with Crippen molar-refractivity contribution in [2.24, 2.45) is 28.3 Å². The molecule has 0 spiro atoms. The number of likely N-dealkylation sites (tertiary alicyclic amines) is 1. The fourth-order valence-electron chi connectivity index (χ4n) is 5.33. The molecule has 1 amide bonds. The number of rotatable bonds is 10. The van der Waals surface area contributed by atoms with E-state index in [1.165, 1.54) is 4.90 Å². The Kier molecular flexibility index (Phi) is 9.41. The number of para-hydroxylation sites is 1. The molecule has 4 atom stereocenters. The zero-order valence-electron chi connectivity index (χ0n) is 21.9. The number of sulfonamides is 1. The van der Waals surface area contributed by atoms with Crippen LogP contribution in [0.2, 0.25) is 0 Å². The Balaban J connectivity index is 1.93. The maximum atomic E-state index is 13.8. The minimum Gasteiger partial charge on any atom is -0.480 e. The Morgan fingerprint density at radius 1 is 1.24 bits per heavy atom. The molecular formula is C25H40N6O5S. The number of carbonyl (C=O) groups is 2. The molecule has 3 rings (SSSR count). The molecule has 2 aliphatic heterocycles. The fourth-order valence-corrected chi connectivity index (χ4v) is 6.82. The molecule has 1 aromatic rings. The molecule has 0 saturated carbocycles. The van der Waals surface area contributed by atoms with Crippen molar-refractivity contribution in [3.05, 3.63) is 23.8 Å². The number of anilines is 1. The lowest BCUT2D eigenvalue weighted by Crippen LogP contribution is -2.56. The van der Waals surface area contributed by atoms with Crippen LogP contribution in [-0.2, 0) is 26.0 Å². The van der Waals surface area contributed by atoms with Crippen molar-refractivity contribution < 1.29 is 23.1 Å². The summed E-state index contributed by atoms with van der Waals surface area (Å²) in [5.41, 5.74) is 12.4. The van der Waals surface area contributed by atoms with Gasteiger partial charge in [0.2, 0.25) is 15.9 Å². The molecule has 2 aliphatic rings. The minimum absolute atomic E-state index is 0.0933. The van der Waals surface area contributed by atoms with Crippen LogP contribution in [0.4, 0.5) is 5.69 Å². The van der Waals surface area contributed by atoms with Gasteiger partial charge >= 0.3 is 5.97 Å². The molecule has 1 fully saturated rings. The van der Waals surface area contributed by atoms with E-state index in [-0.39, 0.29) is 36.3 Å². The van der Waals surface area contributed by atoms with E-state index in [1.54, 1.807) is 12.1 Å². The highest BCUT2D eigenvalue weighted by Crippen LogP contribution is 2.35. The van der Waals surface area contributed by atoms with E-state index in [0.717, 1.165) is 18.5 Å². The maximum Gasteiger partial charge on any atom is 0.326 e. The Morgan fingerprint density at radius 3 is 2.62 bits per heavy atom. The quantitative estimate of drug-likeness (QED) is 0.196. The summed E-state index contributed by atoms with van der Waals surface area (Å²) in [5.74, 6) is -1.19. The number of fused-ring (bicyclic) bond motifs is 1. The number of carboxylic acid groups (broad SMARTS) is 1. The summed E-state index contributed by atoms with van der Waals surface area (Å²) in [4.78, 5) is 33.0. The van der Waals surface area contributed by atoms with Crippen molar-refractivity contribution in [3.8, 4) is 0 Å². The number of nitrogens with one attached hydrogen (secondary N) is 1. The number of amides is 1. The third kappa shape index (κ3) is 6.92. The van der Waals surface area contributed by atoms with E-state index in [0.29, 0.717) is 37.4 Å². The third-order valence-electron chi connectivity index (χ3n) is 7.14. The topological polar surface area (TPSA) is 171 Å². The van der Waals surface area contributed by atoms with Gasteiger partial charge < -0.3 is 26.4 Å². The lowest BCUT2D eigenvalue weighted by molar-refractivity contribution is -0.153. The molecule has 1 aromatic carbocycles. The van der Waals surface area contributed by atoms with Crippen molar-refractivity contribution in [1.29, 1.82) is 0 Å². The van der Waals surface area contributed by atoms with Gasteiger partial charge in [0.1, 0.15) is 17.0 Å². The predicted molar refractivity (Wildman–Crippen MR) is 143 cm³/mol. The SMILES string of the molecule is CCN1CC(C)Cc2cccc(S(=O)(=O)NC(CCCN=C(N)N)C(=O)N3CCC(C)CC3C(=O)O)c21. The van der Waals surface area contributed by atoms with E-state index < -0.39 is 34.0 Å². The molecule has 0 radical (unpaired) electrons. The number of hydrogen-bond donors (Lipinski definition) is 4. The first-order valence-corrected chi connectivity index (χ1v) is 14.4. The molecule has 206 valence electrons. The van der Waals surface area contributed by atoms with Gasteiger partial charge in [-0.1, -0.05) is 26.0 Å². The van der Waals surface area contributed by atoms with Crippen LogP contribution in [0.3, 0.4) is 0 Å². The molecule has 1 saturated heterocycles. The Hall–Kier alpha value is -2.86. The van der Waals surface area contributed by atoms with E-state index in [9.17, 15) is 23.1 Å². The Morgan fingerprint density at radius 2 is 1.97 bits per heavy atom. The number of carboxylic acids is 1. The first-order chi connectivity index (χ1) is 17.4. The van der Waals surface area contributed by atoms with Crippen LogP contribution < -0.4 is 21.1 Å². The van der Waals surface area contributed by atoms with Gasteiger partial charge in [-0.25, -0.2) is 13.2 Å². The van der Waals surface area contributed by atoms with Gasteiger partial charge in [0.15, 0.2) is 5.96 Å². The molecule has 0 bridgehead atoms. The van der Waals surface area contributed by atoms with E-state index >= 15 is 0 Å². The normalized spacial score (nSPS) is 22.7. The number of aliphatic imine (C=N–C) groups is 1. The number of benzene rings is 1. The zero-order chi connectivity index (χ0) is 27.3. The number of guanidine groups is 1. The van der Waals surface area contributed by atoms with Crippen LogP contribution >= 0.6 is 0 Å². The lowest BCUT2D eigenvalue weighted by Gasteiger charge is -2.38. The molecule has 11 nitrogen and oxygen atoms in total. The predicted octanol–water partition coefficient (Wildman–Crippen LogP) is 1.12.